The van der Waals surface area contributed by atoms with Crippen molar-refractivity contribution in [2.45, 2.75) is 179 Å². The van der Waals surface area contributed by atoms with E-state index in [-0.39, 0.29) is 37.2 Å². The molecule has 0 bridgehead atoms. The zero-order chi connectivity index (χ0) is 42.5. The van der Waals surface area contributed by atoms with Gasteiger partial charge in [-0.05, 0) is 74.9 Å². The maximum Gasteiger partial charge on any atom is 0.311 e. The maximum absolute atomic E-state index is 14.4. The molecule has 14 heteroatoms. The highest BCUT2D eigenvalue weighted by atomic mass is 16.7. The van der Waals surface area contributed by atoms with Crippen LogP contribution in [0, 0.1) is 23.7 Å². The lowest BCUT2D eigenvalue weighted by Crippen LogP contribution is -2.61. The highest BCUT2D eigenvalue weighted by molar-refractivity contribution is 5.83. The molecule has 0 radical (unpaired) electrons. The minimum absolute atomic E-state index is 0.0897. The molecule has 0 aromatic carbocycles. The van der Waals surface area contributed by atoms with Crippen LogP contribution in [0.15, 0.2) is 0 Å². The van der Waals surface area contributed by atoms with E-state index in [1.54, 1.807) is 55.4 Å². The zero-order valence-electron chi connectivity index (χ0n) is 37.7. The summed E-state index contributed by atoms with van der Waals surface area (Å²) in [5.74, 6) is -4.95. The molecule has 3 heterocycles. The minimum atomic E-state index is -1.76. The normalized spacial score (nSPS) is 51.0. The first-order valence-corrected chi connectivity index (χ1v) is 18.4. The third-order valence-corrected chi connectivity index (χ3v) is 11.7. The van der Waals surface area contributed by atoms with Crippen molar-refractivity contribution in [2.24, 2.45) is 23.7 Å². The first-order chi connectivity index (χ1) is 26.2. The van der Waals surface area contributed by atoms with Crippen LogP contribution in [0.4, 0.5) is 0 Å². The molecule has 3 fully saturated rings. The van der Waals surface area contributed by atoms with E-state index in [1.807, 2.05) is 25.9 Å². The van der Waals surface area contributed by atoms with Gasteiger partial charge in [-0.25, -0.2) is 0 Å². The van der Waals surface area contributed by atoms with E-state index in [2.05, 4.69) is 0 Å². The van der Waals surface area contributed by atoms with Gasteiger partial charge in [0.05, 0.1) is 47.6 Å². The standard InChI is InChI=1S/C37H67NO13/c1-14-25-37(10,45)30(41)20(4)27(39)18(2)16-35(8,44)32(51-34-28(40)24(38(11)12)15-19(3)47-34)21(5)29(22(6)33(43)49-25)50-26-17-36(9,46-13)31(42)23(7)48-26/h18-26,28-32,34,40-42,44-45H,14-17H2,1-13H3/t18-,19-,20+,21+,22-,23+,24+,25-,26+,28-,29+,30-,31+,32-,34+,35-,36-,37-/m1/s1/i40D,41D,42D,44D,45D. The summed E-state index contributed by atoms with van der Waals surface area (Å²) < 4.78 is 78.4. The Morgan fingerprint density at radius 2 is 1.61 bits per heavy atom. The Labute approximate surface area is 311 Å². The van der Waals surface area contributed by atoms with Crippen molar-refractivity contribution in [3.8, 4) is 0 Å². The molecule has 51 heavy (non-hydrogen) atoms. The molecule has 0 spiro atoms. The maximum atomic E-state index is 14.4. The summed E-state index contributed by atoms with van der Waals surface area (Å²) in [7, 11) is 5.22. The molecule has 0 unspecified atom stereocenters. The van der Waals surface area contributed by atoms with Crippen molar-refractivity contribution in [1.29, 1.82) is 7.16 Å². The van der Waals surface area contributed by atoms with Gasteiger partial charge in [-0.1, -0.05) is 27.7 Å². The van der Waals surface area contributed by atoms with Gasteiger partial charge in [-0.15, -0.1) is 0 Å². The Bertz CT molecular complexity index is 1280. The van der Waals surface area contributed by atoms with Crippen molar-refractivity contribution in [3.63, 3.8) is 0 Å². The second kappa shape index (κ2) is 17.0. The average Bonchev–Trinajstić information content (AvgIpc) is 3.16. The fourth-order valence-electron chi connectivity index (χ4n) is 8.32. The molecule has 5 N–H and O–H groups in total. The highest BCUT2D eigenvalue weighted by Crippen LogP contribution is 2.40. The predicted molar refractivity (Wildman–Crippen MR) is 186 cm³/mol. The quantitative estimate of drug-likeness (QED) is 0.182. The fraction of sp³-hybridized carbons (Fsp3) is 0.946. The Kier molecular flexibility index (Phi) is 12.2. The first-order valence-electron chi connectivity index (χ1n) is 20.4. The summed E-state index contributed by atoms with van der Waals surface area (Å²) in [5, 5.41) is 26.1. The van der Waals surface area contributed by atoms with Gasteiger partial charge in [0.2, 0.25) is 7.16 Å². The van der Waals surface area contributed by atoms with Crippen molar-refractivity contribution < 1.29 is 63.6 Å². The largest absolute Gasteiger partial charge is 0.459 e. The van der Waals surface area contributed by atoms with Crippen molar-refractivity contribution in [2.75, 3.05) is 21.2 Å². The van der Waals surface area contributed by atoms with Gasteiger partial charge in [-0.3, -0.25) is 9.59 Å². The van der Waals surface area contributed by atoms with E-state index < -0.39 is 102 Å². The lowest BCUT2D eigenvalue weighted by molar-refractivity contribution is -0.318. The molecular formula is C37H67NO13. The molecule has 14 nitrogen and oxygen atoms in total. The van der Waals surface area contributed by atoms with Crippen LogP contribution in [-0.4, -0.2) is 155 Å². The van der Waals surface area contributed by atoms with Gasteiger partial charge >= 0.3 is 5.97 Å². The number of nitrogens with zero attached hydrogens (tertiary/aromatic N) is 1. The number of ketones is 1. The monoisotopic (exact) mass is 738 g/mol. The Hall–Kier alpha value is -1.30. The Morgan fingerprint density at radius 3 is 2.16 bits per heavy atom. The van der Waals surface area contributed by atoms with Crippen LogP contribution in [0.5, 0.6) is 0 Å². The van der Waals surface area contributed by atoms with Crippen LogP contribution in [0.3, 0.4) is 0 Å². The second-order valence-electron chi connectivity index (χ2n) is 16.3. The van der Waals surface area contributed by atoms with Gasteiger partial charge < -0.3 is 58.9 Å². The van der Waals surface area contributed by atoms with E-state index in [4.69, 9.17) is 61.1 Å². The van der Waals surface area contributed by atoms with Crippen LogP contribution < -0.4 is 0 Å². The molecule has 0 amide bonds. The number of Topliss-reactive ketones (excluding diaryl/α,β-unsaturated/α-hetero) is 1. The third kappa shape index (κ3) is 9.51. The molecule has 3 rings (SSSR count). The molecule has 3 saturated heterocycles. The molecule has 298 valence electrons. The summed E-state index contributed by atoms with van der Waals surface area (Å²) in [6.07, 6.45) is -8.94. The van der Waals surface area contributed by atoms with E-state index in [9.17, 15) is 9.59 Å². The van der Waals surface area contributed by atoms with Crippen LogP contribution in [0.1, 0.15) is 94.9 Å². The minimum Gasteiger partial charge on any atom is -0.459 e. The first kappa shape index (κ1) is 36.7. The van der Waals surface area contributed by atoms with E-state index in [0.717, 1.165) is 0 Å². The molecule has 0 aromatic rings. The number of carbonyl (C=O) groups is 2. The second-order valence-corrected chi connectivity index (χ2v) is 16.3. The Morgan fingerprint density at radius 1 is 0.922 bits per heavy atom. The SMILES string of the molecule is [2H]O[C@H]1[C@H](O[C@@H]2[C@@H](C)[C@H](O[C@H]3C[C@@](C)(OC)[C@@H](O[2H])[C@H](C)O3)[C@@H](C)C(=O)O[C@H](CC)[C@@](C)(O[2H])[C@H](O[2H])[C@@H](C)C(=O)[C@H](C)C[C@@]2(C)O[2H])O[C@H](C)C[C@@H]1N(C)C. The van der Waals surface area contributed by atoms with Gasteiger partial charge in [-0.2, -0.15) is 0 Å². The number of rotatable bonds is 12. The summed E-state index contributed by atoms with van der Waals surface area (Å²) in [5.41, 5.74) is -4.40. The van der Waals surface area contributed by atoms with Crippen LogP contribution in [-0.2, 0) is 38.0 Å². The molecule has 18 atom stereocenters. The number of methoxy groups -OCH3 is 1. The van der Waals surface area contributed by atoms with Gasteiger partial charge in [0.25, 0.3) is 0 Å². The third-order valence-electron chi connectivity index (χ3n) is 11.7. The van der Waals surface area contributed by atoms with Crippen molar-refractivity contribution in [3.05, 3.63) is 0 Å². The van der Waals surface area contributed by atoms with Crippen molar-refractivity contribution in [1.82, 2.24) is 4.90 Å². The van der Waals surface area contributed by atoms with Gasteiger partial charge in [0.15, 0.2) is 12.6 Å². The number of likely N-dealkylation sites (N-methyl/N-ethyl adjacent to an activating group) is 1. The number of cyclic esters (lactones) is 1. The number of ether oxygens (including phenoxy) is 6. The topological polar surface area (TPSA) is 194 Å². The number of carbonyl (C=O) groups excluding carboxylic acids is 2. The smallest absolute Gasteiger partial charge is 0.311 e. The predicted octanol–water partition coefficient (Wildman–Crippen LogP) is 1.79. The van der Waals surface area contributed by atoms with E-state index in [0.29, 0.717) is 6.42 Å². The Balaban J connectivity index is 2.28. The summed E-state index contributed by atoms with van der Waals surface area (Å²) >= 11 is 0. The zero-order valence-corrected chi connectivity index (χ0v) is 32.7. The van der Waals surface area contributed by atoms with Gasteiger partial charge in [0.1, 0.15) is 29.7 Å². The molecule has 3 aliphatic rings. The van der Waals surface area contributed by atoms with Crippen LogP contribution >= 0.6 is 0 Å². The van der Waals surface area contributed by atoms with E-state index in [1.165, 1.54) is 14.0 Å². The lowest BCUT2D eigenvalue weighted by Gasteiger charge is -2.49. The van der Waals surface area contributed by atoms with Crippen LogP contribution in [0.2, 0.25) is 0 Å². The fourth-order valence-corrected chi connectivity index (χ4v) is 8.32. The molecule has 0 aliphatic carbocycles. The molecule has 0 aromatic heterocycles. The summed E-state index contributed by atoms with van der Waals surface area (Å²) in [6.45, 7) is 16.8. The molecular weight excluding hydrogens is 666 g/mol. The number of hydrogen-bond donors (Lipinski definition) is 5. The summed E-state index contributed by atoms with van der Waals surface area (Å²) in [4.78, 5) is 30.6. The number of esters is 1. The lowest BCUT2D eigenvalue weighted by atomic mass is 9.74. The molecule has 3 aliphatic heterocycles. The van der Waals surface area contributed by atoms with E-state index >= 15 is 0 Å². The average molecular weight is 739 g/mol. The number of aliphatic hydroxyl groups excluding tert-OH is 3. The highest BCUT2D eigenvalue weighted by Gasteiger charge is 2.53. The number of hydrogen-bond acceptors (Lipinski definition) is 14. The van der Waals surface area contributed by atoms with Crippen LogP contribution in [0.25, 0.3) is 0 Å². The summed E-state index contributed by atoms with van der Waals surface area (Å²) in [6, 6.07) is -0.294. The number of aliphatic hydroxyl groups is 5. The van der Waals surface area contributed by atoms with Crippen molar-refractivity contribution >= 4 is 11.8 Å². The molecule has 0 saturated carbocycles. The van der Waals surface area contributed by atoms with Gasteiger partial charge in [0, 0.05) is 37.3 Å².